The zero-order chi connectivity index (χ0) is 19.6. The molecule has 4 aromatic rings. The molecule has 11 nitrogen and oxygen atoms in total. The van der Waals surface area contributed by atoms with Gasteiger partial charge in [-0.2, -0.15) is 4.52 Å². The van der Waals surface area contributed by atoms with Gasteiger partial charge in [-0.3, -0.25) is 4.79 Å². The van der Waals surface area contributed by atoms with E-state index < -0.39 is 0 Å². The zero-order valence-corrected chi connectivity index (χ0v) is 15.5. The zero-order valence-electron chi connectivity index (χ0n) is 15.5. The normalized spacial score (nSPS) is 13.9. The second-order valence-electron chi connectivity index (χ2n) is 6.76. The van der Waals surface area contributed by atoms with Gasteiger partial charge in [0.15, 0.2) is 11.5 Å². The molecule has 1 aliphatic rings. The van der Waals surface area contributed by atoms with Crippen LogP contribution in [-0.2, 0) is 6.54 Å². The number of rotatable bonds is 5. The maximum absolute atomic E-state index is 12.6. The first kappa shape index (κ1) is 17.2. The van der Waals surface area contributed by atoms with E-state index >= 15 is 0 Å². The van der Waals surface area contributed by atoms with Crippen LogP contribution in [0.1, 0.15) is 29.0 Å². The van der Waals surface area contributed by atoms with E-state index in [0.29, 0.717) is 22.7 Å². The maximum atomic E-state index is 12.6. The molecule has 1 amide bonds. The Morgan fingerprint density at radius 2 is 2.00 bits per heavy atom. The fourth-order valence-electron chi connectivity index (χ4n) is 3.38. The van der Waals surface area contributed by atoms with Crippen molar-refractivity contribution in [2.24, 2.45) is 0 Å². The third-order valence-corrected chi connectivity index (χ3v) is 4.87. The molecule has 0 bridgehead atoms. The minimum atomic E-state index is -0.229. The molecule has 29 heavy (non-hydrogen) atoms. The average molecular weight is 390 g/mol. The van der Waals surface area contributed by atoms with Crippen LogP contribution in [0.5, 0.6) is 0 Å². The summed E-state index contributed by atoms with van der Waals surface area (Å²) in [5.41, 5.74) is 1.85. The van der Waals surface area contributed by atoms with Gasteiger partial charge >= 0.3 is 0 Å². The molecule has 0 spiro atoms. The van der Waals surface area contributed by atoms with Gasteiger partial charge in [-0.15, -0.1) is 20.4 Å². The van der Waals surface area contributed by atoms with Crippen LogP contribution in [0.15, 0.2) is 42.7 Å². The van der Waals surface area contributed by atoms with Gasteiger partial charge in [0.25, 0.3) is 5.91 Å². The molecule has 0 saturated carbocycles. The standard InChI is InChI=1S/C18H18N10O/c29-18(13-4-3-5-14(10-13)27-12-20-24-25-27)19-11-17-22-21-15-6-7-16(23-28(15)17)26-8-1-2-9-26/h3-7,10,12H,1-2,8-9,11H2,(H,19,29). The number of carbonyl (C=O) groups excluding carboxylic acids is 1. The molecule has 11 heteroatoms. The fraction of sp³-hybridized carbons (Fsp3) is 0.278. The molecule has 146 valence electrons. The second kappa shape index (κ2) is 7.26. The predicted octanol–water partition coefficient (Wildman–Crippen LogP) is 0.630. The van der Waals surface area contributed by atoms with Gasteiger partial charge < -0.3 is 10.2 Å². The predicted molar refractivity (Wildman–Crippen MR) is 103 cm³/mol. The molecule has 1 fully saturated rings. The van der Waals surface area contributed by atoms with Crippen LogP contribution in [0.4, 0.5) is 5.82 Å². The van der Waals surface area contributed by atoms with Crippen molar-refractivity contribution in [2.45, 2.75) is 19.4 Å². The SMILES string of the molecule is O=C(NCc1nnc2ccc(N3CCCC3)nn12)c1cccc(-n2cnnn2)c1. The molecule has 1 aromatic carbocycles. The van der Waals surface area contributed by atoms with Crippen molar-refractivity contribution < 1.29 is 4.79 Å². The summed E-state index contributed by atoms with van der Waals surface area (Å²) in [6.45, 7) is 2.22. The van der Waals surface area contributed by atoms with Crippen LogP contribution >= 0.6 is 0 Å². The number of amides is 1. The Morgan fingerprint density at radius 1 is 1.10 bits per heavy atom. The van der Waals surface area contributed by atoms with Crippen LogP contribution < -0.4 is 10.2 Å². The quantitative estimate of drug-likeness (QED) is 0.527. The highest BCUT2D eigenvalue weighted by Crippen LogP contribution is 2.18. The van der Waals surface area contributed by atoms with Crippen molar-refractivity contribution in [1.29, 1.82) is 0 Å². The lowest BCUT2D eigenvalue weighted by Crippen LogP contribution is -2.25. The number of benzene rings is 1. The van der Waals surface area contributed by atoms with E-state index in [1.807, 2.05) is 18.2 Å². The third kappa shape index (κ3) is 3.37. The van der Waals surface area contributed by atoms with Gasteiger partial charge in [-0.1, -0.05) is 6.07 Å². The number of tetrazole rings is 1. The summed E-state index contributed by atoms with van der Waals surface area (Å²) in [6, 6.07) is 10.9. The average Bonchev–Trinajstić information content (AvgIpc) is 3.53. The van der Waals surface area contributed by atoms with E-state index in [9.17, 15) is 4.79 Å². The van der Waals surface area contributed by atoms with Gasteiger partial charge in [0.1, 0.15) is 12.1 Å². The van der Waals surface area contributed by atoms with Crippen LogP contribution in [0, 0.1) is 0 Å². The van der Waals surface area contributed by atoms with Crippen molar-refractivity contribution in [3.63, 3.8) is 0 Å². The number of aromatic nitrogens is 8. The summed E-state index contributed by atoms with van der Waals surface area (Å²) in [7, 11) is 0. The fourth-order valence-corrected chi connectivity index (χ4v) is 3.38. The van der Waals surface area contributed by atoms with E-state index in [1.54, 1.807) is 22.7 Å². The van der Waals surface area contributed by atoms with Crippen molar-refractivity contribution in [2.75, 3.05) is 18.0 Å². The summed E-state index contributed by atoms with van der Waals surface area (Å²) in [4.78, 5) is 14.9. The number of fused-ring (bicyclic) bond motifs is 1. The molecule has 1 saturated heterocycles. The summed E-state index contributed by atoms with van der Waals surface area (Å²) in [5.74, 6) is 1.25. The first-order valence-electron chi connectivity index (χ1n) is 9.36. The number of nitrogens with zero attached hydrogens (tertiary/aromatic N) is 9. The van der Waals surface area contributed by atoms with E-state index in [2.05, 4.69) is 41.0 Å². The third-order valence-electron chi connectivity index (χ3n) is 4.87. The molecule has 1 N–H and O–H groups in total. The van der Waals surface area contributed by atoms with Crippen LogP contribution in [0.2, 0.25) is 0 Å². The maximum Gasteiger partial charge on any atom is 0.251 e. The minimum Gasteiger partial charge on any atom is -0.355 e. The Hall–Kier alpha value is -3.89. The summed E-state index contributed by atoms with van der Waals surface area (Å²) in [6.07, 6.45) is 3.83. The van der Waals surface area contributed by atoms with Crippen LogP contribution in [-0.4, -0.2) is 59.0 Å². The Bertz CT molecular complexity index is 1150. The van der Waals surface area contributed by atoms with Crippen molar-refractivity contribution in [3.8, 4) is 5.69 Å². The number of anilines is 1. The molecule has 0 radical (unpaired) electrons. The van der Waals surface area contributed by atoms with Gasteiger partial charge in [-0.25, -0.2) is 4.68 Å². The van der Waals surface area contributed by atoms with E-state index in [4.69, 9.17) is 0 Å². The number of nitrogens with one attached hydrogen (secondary N) is 1. The molecule has 3 aromatic heterocycles. The first-order chi connectivity index (χ1) is 14.3. The molecule has 0 atom stereocenters. The lowest BCUT2D eigenvalue weighted by molar-refractivity contribution is 0.0949. The first-order valence-corrected chi connectivity index (χ1v) is 9.36. The molecule has 0 aliphatic carbocycles. The molecule has 1 aliphatic heterocycles. The van der Waals surface area contributed by atoms with Crippen molar-refractivity contribution in [1.82, 2.24) is 45.3 Å². The molecule has 0 unspecified atom stereocenters. The lowest BCUT2D eigenvalue weighted by Gasteiger charge is -2.15. The Kier molecular flexibility index (Phi) is 4.31. The molecular formula is C18H18N10O. The van der Waals surface area contributed by atoms with E-state index in [1.165, 1.54) is 23.9 Å². The van der Waals surface area contributed by atoms with Crippen molar-refractivity contribution >= 4 is 17.4 Å². The number of hydrogen-bond donors (Lipinski definition) is 1. The largest absolute Gasteiger partial charge is 0.355 e. The van der Waals surface area contributed by atoms with Gasteiger partial charge in [0, 0.05) is 18.7 Å². The van der Waals surface area contributed by atoms with Crippen molar-refractivity contribution in [3.05, 3.63) is 54.1 Å². The summed E-state index contributed by atoms with van der Waals surface area (Å²) >= 11 is 0. The van der Waals surface area contributed by atoms with Gasteiger partial charge in [0.05, 0.1) is 12.2 Å². The molecule has 4 heterocycles. The van der Waals surface area contributed by atoms with Crippen LogP contribution in [0.3, 0.4) is 0 Å². The molecule has 5 rings (SSSR count). The highest BCUT2D eigenvalue weighted by Gasteiger charge is 2.16. The van der Waals surface area contributed by atoms with E-state index in [0.717, 1.165) is 18.9 Å². The van der Waals surface area contributed by atoms with Gasteiger partial charge in [-0.05, 0) is 53.6 Å². The van der Waals surface area contributed by atoms with Crippen LogP contribution in [0.25, 0.3) is 11.3 Å². The smallest absolute Gasteiger partial charge is 0.251 e. The lowest BCUT2D eigenvalue weighted by atomic mass is 10.2. The second-order valence-corrected chi connectivity index (χ2v) is 6.76. The Balaban J connectivity index is 1.33. The highest BCUT2D eigenvalue weighted by atomic mass is 16.1. The Morgan fingerprint density at radius 3 is 2.83 bits per heavy atom. The minimum absolute atomic E-state index is 0.214. The molecular weight excluding hydrogens is 372 g/mol. The monoisotopic (exact) mass is 390 g/mol. The summed E-state index contributed by atoms with van der Waals surface area (Å²) < 4.78 is 3.18. The summed E-state index contributed by atoms with van der Waals surface area (Å²) in [5, 5.41) is 26.9. The topological polar surface area (TPSA) is 119 Å². The Labute approximate surface area is 165 Å². The van der Waals surface area contributed by atoms with Gasteiger partial charge in [0.2, 0.25) is 0 Å². The number of hydrogen-bond acceptors (Lipinski definition) is 8. The van der Waals surface area contributed by atoms with E-state index in [-0.39, 0.29) is 12.5 Å². The number of carbonyl (C=O) groups is 1. The highest BCUT2D eigenvalue weighted by molar-refractivity contribution is 5.94.